The van der Waals surface area contributed by atoms with Crippen LogP contribution < -0.4 is 0 Å². The van der Waals surface area contributed by atoms with Crippen LogP contribution in [0.2, 0.25) is 0 Å². The average molecular weight is 248 g/mol. The zero-order chi connectivity index (χ0) is 12.0. The second-order valence-electron chi connectivity index (χ2n) is 3.13. The molecule has 0 aliphatic carbocycles. The van der Waals surface area contributed by atoms with E-state index < -0.39 is 11.6 Å². The fraction of sp³-hybridized carbons (Fsp3) is 0.364. The average Bonchev–Trinajstić information content (AvgIpc) is 2.26. The molecule has 16 heavy (non-hydrogen) atoms. The van der Waals surface area contributed by atoms with E-state index in [2.05, 4.69) is 5.16 Å². The third-order valence-corrected chi connectivity index (χ3v) is 2.09. The Hall–Kier alpha value is -1.16. The Labute approximate surface area is 97.9 Å². The second kappa shape index (κ2) is 6.43. The van der Waals surface area contributed by atoms with Crippen LogP contribution in [0.3, 0.4) is 0 Å². The van der Waals surface area contributed by atoms with Gasteiger partial charge in [-0.3, -0.25) is 0 Å². The Morgan fingerprint density at radius 1 is 1.44 bits per heavy atom. The normalized spacial score (nSPS) is 11.6. The number of oxime groups is 1. The van der Waals surface area contributed by atoms with Gasteiger partial charge in [0.05, 0.1) is 5.88 Å². The van der Waals surface area contributed by atoms with Gasteiger partial charge in [-0.1, -0.05) is 12.1 Å². The minimum Gasteiger partial charge on any atom is -0.396 e. The molecule has 0 atom stereocenters. The molecule has 0 saturated heterocycles. The van der Waals surface area contributed by atoms with Crippen molar-refractivity contribution in [2.24, 2.45) is 5.16 Å². The van der Waals surface area contributed by atoms with Gasteiger partial charge in [-0.15, -0.1) is 11.6 Å². The van der Waals surface area contributed by atoms with Gasteiger partial charge in [0.2, 0.25) is 0 Å². The van der Waals surface area contributed by atoms with E-state index in [4.69, 9.17) is 16.4 Å². The van der Waals surface area contributed by atoms with E-state index in [1.165, 1.54) is 6.07 Å². The molecule has 0 heterocycles. The molecule has 0 aliphatic rings. The standard InChI is InChI=1S/C11H12ClF2NO/c1-2-5-16-15-11(7-12)9-4-3-8(13)6-10(9)14/h3-4,6H,2,5,7H2,1H3/b15-11+. The summed E-state index contributed by atoms with van der Waals surface area (Å²) in [5.74, 6) is -1.32. The van der Waals surface area contributed by atoms with Crippen LogP contribution in [0.4, 0.5) is 8.78 Å². The van der Waals surface area contributed by atoms with Crippen LogP contribution in [0.1, 0.15) is 18.9 Å². The number of benzene rings is 1. The predicted octanol–water partition coefficient (Wildman–Crippen LogP) is 3.33. The highest BCUT2D eigenvalue weighted by Gasteiger charge is 2.10. The molecule has 0 fully saturated rings. The van der Waals surface area contributed by atoms with Crippen molar-refractivity contribution in [3.8, 4) is 0 Å². The minimum atomic E-state index is -0.695. The minimum absolute atomic E-state index is 0.00622. The van der Waals surface area contributed by atoms with Crippen LogP contribution >= 0.6 is 11.6 Å². The third-order valence-electron chi connectivity index (χ3n) is 1.84. The molecule has 0 unspecified atom stereocenters. The van der Waals surface area contributed by atoms with Crippen molar-refractivity contribution in [2.75, 3.05) is 12.5 Å². The number of nitrogens with zero attached hydrogens (tertiary/aromatic N) is 1. The monoisotopic (exact) mass is 247 g/mol. The van der Waals surface area contributed by atoms with E-state index in [1.807, 2.05) is 6.92 Å². The van der Waals surface area contributed by atoms with Crippen LogP contribution in [0.15, 0.2) is 23.4 Å². The van der Waals surface area contributed by atoms with Crippen molar-refractivity contribution in [2.45, 2.75) is 13.3 Å². The highest BCUT2D eigenvalue weighted by Crippen LogP contribution is 2.12. The van der Waals surface area contributed by atoms with E-state index in [-0.39, 0.29) is 17.2 Å². The fourth-order valence-electron chi connectivity index (χ4n) is 1.08. The Morgan fingerprint density at radius 3 is 2.75 bits per heavy atom. The molecule has 0 saturated carbocycles. The lowest BCUT2D eigenvalue weighted by molar-refractivity contribution is 0.145. The number of hydrogen-bond acceptors (Lipinski definition) is 2. The molecule has 0 N–H and O–H groups in total. The maximum absolute atomic E-state index is 13.4. The highest BCUT2D eigenvalue weighted by atomic mass is 35.5. The number of halogens is 3. The first kappa shape index (κ1) is 12.9. The molecule has 2 nitrogen and oxygen atoms in total. The molecule has 0 aliphatic heterocycles. The molecule has 0 aromatic heterocycles. The smallest absolute Gasteiger partial charge is 0.135 e. The van der Waals surface area contributed by atoms with Crippen molar-refractivity contribution in [3.05, 3.63) is 35.4 Å². The van der Waals surface area contributed by atoms with Gasteiger partial charge in [0.1, 0.15) is 24.0 Å². The zero-order valence-corrected chi connectivity index (χ0v) is 9.60. The summed E-state index contributed by atoms with van der Waals surface area (Å²) in [5.41, 5.74) is 0.417. The van der Waals surface area contributed by atoms with Gasteiger partial charge in [-0.2, -0.15) is 0 Å². The van der Waals surface area contributed by atoms with Gasteiger partial charge in [-0.25, -0.2) is 8.78 Å². The summed E-state index contributed by atoms with van der Waals surface area (Å²) in [6.07, 6.45) is 0.797. The highest BCUT2D eigenvalue weighted by molar-refractivity contribution is 6.31. The molecule has 0 spiro atoms. The van der Waals surface area contributed by atoms with Crippen molar-refractivity contribution < 1.29 is 13.6 Å². The lowest BCUT2D eigenvalue weighted by Crippen LogP contribution is -2.07. The summed E-state index contributed by atoms with van der Waals surface area (Å²) in [7, 11) is 0. The Bertz CT molecular complexity index is 382. The quantitative estimate of drug-likeness (QED) is 0.338. The molecule has 88 valence electrons. The molecule has 0 bridgehead atoms. The first-order valence-electron chi connectivity index (χ1n) is 4.89. The number of alkyl halides is 1. The molecular weight excluding hydrogens is 236 g/mol. The van der Waals surface area contributed by atoms with Crippen molar-refractivity contribution in [3.63, 3.8) is 0 Å². The van der Waals surface area contributed by atoms with Gasteiger partial charge < -0.3 is 4.84 Å². The van der Waals surface area contributed by atoms with Crippen LogP contribution in [-0.4, -0.2) is 18.2 Å². The second-order valence-corrected chi connectivity index (χ2v) is 3.40. The largest absolute Gasteiger partial charge is 0.396 e. The topological polar surface area (TPSA) is 21.6 Å². The van der Waals surface area contributed by atoms with Crippen LogP contribution in [0, 0.1) is 11.6 Å². The van der Waals surface area contributed by atoms with Crippen LogP contribution in [0.5, 0.6) is 0 Å². The van der Waals surface area contributed by atoms with Crippen molar-refractivity contribution in [1.82, 2.24) is 0 Å². The summed E-state index contributed by atoms with van der Waals surface area (Å²) >= 11 is 5.62. The van der Waals surface area contributed by atoms with Crippen LogP contribution in [0.25, 0.3) is 0 Å². The first-order chi connectivity index (χ1) is 7.69. The number of hydrogen-bond donors (Lipinski definition) is 0. The van der Waals surface area contributed by atoms with E-state index in [1.54, 1.807) is 0 Å². The molecule has 5 heteroatoms. The van der Waals surface area contributed by atoms with Gasteiger partial charge in [0, 0.05) is 11.6 Å². The number of rotatable bonds is 5. The maximum Gasteiger partial charge on any atom is 0.135 e. The molecule has 1 aromatic carbocycles. The molecule has 1 aromatic rings. The Kier molecular flexibility index (Phi) is 5.19. The van der Waals surface area contributed by atoms with Crippen molar-refractivity contribution in [1.29, 1.82) is 0 Å². The molecule has 1 rings (SSSR count). The predicted molar refractivity (Wildman–Crippen MR) is 59.9 cm³/mol. The van der Waals surface area contributed by atoms with Gasteiger partial charge in [0.25, 0.3) is 0 Å². The summed E-state index contributed by atoms with van der Waals surface area (Å²) in [5, 5.41) is 3.71. The third kappa shape index (κ3) is 3.45. The maximum atomic E-state index is 13.4. The van der Waals surface area contributed by atoms with Gasteiger partial charge in [-0.05, 0) is 18.6 Å². The fourth-order valence-corrected chi connectivity index (χ4v) is 1.28. The van der Waals surface area contributed by atoms with Gasteiger partial charge >= 0.3 is 0 Å². The molecular formula is C11H12ClF2NO. The van der Waals surface area contributed by atoms with E-state index in [0.29, 0.717) is 6.61 Å². The summed E-state index contributed by atoms with van der Waals surface area (Å²) < 4.78 is 26.0. The van der Waals surface area contributed by atoms with E-state index in [0.717, 1.165) is 18.6 Å². The zero-order valence-electron chi connectivity index (χ0n) is 8.84. The van der Waals surface area contributed by atoms with E-state index in [9.17, 15) is 8.78 Å². The lowest BCUT2D eigenvalue weighted by atomic mass is 10.1. The van der Waals surface area contributed by atoms with E-state index >= 15 is 0 Å². The lowest BCUT2D eigenvalue weighted by Gasteiger charge is -2.04. The summed E-state index contributed by atoms with van der Waals surface area (Å²) in [6.45, 7) is 2.36. The first-order valence-corrected chi connectivity index (χ1v) is 5.42. The van der Waals surface area contributed by atoms with Crippen molar-refractivity contribution >= 4 is 17.3 Å². The summed E-state index contributed by atoms with van der Waals surface area (Å²) in [6, 6.07) is 3.23. The molecule has 0 radical (unpaired) electrons. The molecule has 0 amide bonds. The summed E-state index contributed by atoms with van der Waals surface area (Å²) in [4.78, 5) is 4.92. The van der Waals surface area contributed by atoms with Crippen LogP contribution in [-0.2, 0) is 4.84 Å². The Balaban J connectivity index is 2.90. The SMILES string of the molecule is CCCO/N=C(\CCl)c1ccc(F)cc1F. The Morgan fingerprint density at radius 2 is 2.19 bits per heavy atom. The van der Waals surface area contributed by atoms with Gasteiger partial charge in [0.15, 0.2) is 0 Å².